The fourth-order valence-electron chi connectivity index (χ4n) is 2.00. The molecule has 1 atom stereocenters. The SMILES string of the molecule is CNCCCOc1ncc(Br)cc1OC(C)c1ccccc1. The number of pyridine rings is 1. The molecule has 0 aliphatic heterocycles. The highest BCUT2D eigenvalue weighted by molar-refractivity contribution is 9.10. The molecule has 0 aliphatic rings. The van der Waals surface area contributed by atoms with Gasteiger partial charge >= 0.3 is 0 Å². The molecule has 5 heteroatoms. The van der Waals surface area contributed by atoms with Crippen molar-refractivity contribution in [1.82, 2.24) is 10.3 Å². The summed E-state index contributed by atoms with van der Waals surface area (Å²) in [5.74, 6) is 1.18. The first kappa shape index (κ1) is 16.8. The van der Waals surface area contributed by atoms with Crippen molar-refractivity contribution in [2.75, 3.05) is 20.2 Å². The molecule has 0 fully saturated rings. The zero-order chi connectivity index (χ0) is 15.8. The molecule has 0 spiro atoms. The van der Waals surface area contributed by atoms with Gasteiger partial charge < -0.3 is 14.8 Å². The molecular formula is C17H21BrN2O2. The number of aromatic nitrogens is 1. The van der Waals surface area contributed by atoms with Gasteiger partial charge in [-0.3, -0.25) is 0 Å². The summed E-state index contributed by atoms with van der Waals surface area (Å²) in [6, 6.07) is 12.0. The second kappa shape index (κ2) is 8.76. The van der Waals surface area contributed by atoms with Crippen LogP contribution in [0, 0.1) is 0 Å². The number of hydrogen-bond donors (Lipinski definition) is 1. The van der Waals surface area contributed by atoms with Crippen molar-refractivity contribution in [3.8, 4) is 11.6 Å². The number of rotatable bonds is 8. The Bertz CT molecular complexity index is 578. The van der Waals surface area contributed by atoms with E-state index in [1.165, 1.54) is 0 Å². The summed E-state index contributed by atoms with van der Waals surface area (Å²) in [4.78, 5) is 4.31. The molecule has 4 nitrogen and oxygen atoms in total. The molecule has 1 N–H and O–H groups in total. The summed E-state index contributed by atoms with van der Waals surface area (Å²) in [6.45, 7) is 3.53. The Morgan fingerprint density at radius 1 is 1.27 bits per heavy atom. The fourth-order valence-corrected chi connectivity index (χ4v) is 2.31. The van der Waals surface area contributed by atoms with Crippen LogP contribution < -0.4 is 14.8 Å². The molecule has 0 aliphatic carbocycles. The Balaban J connectivity index is 2.06. The number of hydrogen-bond acceptors (Lipinski definition) is 4. The number of halogens is 1. The van der Waals surface area contributed by atoms with E-state index >= 15 is 0 Å². The van der Waals surface area contributed by atoms with Crippen LogP contribution in [0.25, 0.3) is 0 Å². The second-order valence-corrected chi connectivity index (χ2v) is 5.85. The minimum absolute atomic E-state index is 0.0723. The second-order valence-electron chi connectivity index (χ2n) is 4.93. The molecule has 0 radical (unpaired) electrons. The first-order chi connectivity index (χ1) is 10.7. The lowest BCUT2D eigenvalue weighted by Gasteiger charge is -2.17. The summed E-state index contributed by atoms with van der Waals surface area (Å²) in [5, 5.41) is 3.09. The molecule has 0 saturated carbocycles. The lowest BCUT2D eigenvalue weighted by Crippen LogP contribution is -2.12. The van der Waals surface area contributed by atoms with E-state index in [1.54, 1.807) is 6.20 Å². The number of benzene rings is 1. The predicted octanol–water partition coefficient (Wildman–Crippen LogP) is 3.97. The number of ether oxygens (including phenoxy) is 2. The van der Waals surface area contributed by atoms with Gasteiger partial charge in [0.15, 0.2) is 5.75 Å². The van der Waals surface area contributed by atoms with Crippen LogP contribution in [0.1, 0.15) is 25.0 Å². The Labute approximate surface area is 140 Å². The van der Waals surface area contributed by atoms with Crippen LogP contribution >= 0.6 is 15.9 Å². The lowest BCUT2D eigenvalue weighted by atomic mass is 10.1. The topological polar surface area (TPSA) is 43.4 Å². The lowest BCUT2D eigenvalue weighted by molar-refractivity contribution is 0.203. The standard InChI is InChI=1S/C17H21BrN2O2/c1-13(14-7-4-3-5-8-14)22-16-11-15(18)12-20-17(16)21-10-6-9-19-2/h3-5,7-8,11-13,19H,6,9-10H2,1-2H3. The zero-order valence-electron chi connectivity index (χ0n) is 12.9. The van der Waals surface area contributed by atoms with Crippen LogP contribution in [0.4, 0.5) is 0 Å². The van der Waals surface area contributed by atoms with E-state index in [0.717, 1.165) is 23.0 Å². The maximum atomic E-state index is 6.04. The number of nitrogens with zero attached hydrogens (tertiary/aromatic N) is 1. The van der Waals surface area contributed by atoms with E-state index in [1.807, 2.05) is 50.4 Å². The monoisotopic (exact) mass is 364 g/mol. The zero-order valence-corrected chi connectivity index (χ0v) is 14.5. The third-order valence-electron chi connectivity index (χ3n) is 3.17. The van der Waals surface area contributed by atoms with Gasteiger partial charge in [0, 0.05) is 16.7 Å². The molecule has 22 heavy (non-hydrogen) atoms. The highest BCUT2D eigenvalue weighted by Gasteiger charge is 2.13. The third kappa shape index (κ3) is 5.00. The summed E-state index contributed by atoms with van der Waals surface area (Å²) < 4.78 is 12.6. The molecule has 1 aromatic heterocycles. The molecule has 118 valence electrons. The van der Waals surface area contributed by atoms with E-state index in [4.69, 9.17) is 9.47 Å². The Hall–Kier alpha value is -1.59. The normalized spacial score (nSPS) is 12.0. The van der Waals surface area contributed by atoms with Gasteiger partial charge in [0.25, 0.3) is 5.88 Å². The fraction of sp³-hybridized carbons (Fsp3) is 0.353. The van der Waals surface area contributed by atoms with Crippen molar-refractivity contribution >= 4 is 15.9 Å². The van der Waals surface area contributed by atoms with E-state index in [2.05, 4.69) is 26.2 Å². The van der Waals surface area contributed by atoms with Gasteiger partial charge in [-0.05, 0) is 48.4 Å². The van der Waals surface area contributed by atoms with E-state index in [9.17, 15) is 0 Å². The minimum Gasteiger partial charge on any atom is -0.480 e. The first-order valence-electron chi connectivity index (χ1n) is 7.35. The maximum absolute atomic E-state index is 6.04. The van der Waals surface area contributed by atoms with Crippen molar-refractivity contribution < 1.29 is 9.47 Å². The molecule has 2 rings (SSSR count). The van der Waals surface area contributed by atoms with E-state index in [-0.39, 0.29) is 6.10 Å². The summed E-state index contributed by atoms with van der Waals surface area (Å²) in [6.07, 6.45) is 2.56. The first-order valence-corrected chi connectivity index (χ1v) is 8.14. The molecule has 2 aromatic rings. The van der Waals surface area contributed by atoms with Gasteiger partial charge in [0.05, 0.1) is 6.61 Å². The van der Waals surface area contributed by atoms with Gasteiger partial charge in [-0.1, -0.05) is 30.3 Å². The minimum atomic E-state index is -0.0723. The molecule has 0 saturated heterocycles. The van der Waals surface area contributed by atoms with Gasteiger partial charge in [-0.15, -0.1) is 0 Å². The van der Waals surface area contributed by atoms with Gasteiger partial charge in [0.2, 0.25) is 0 Å². The third-order valence-corrected chi connectivity index (χ3v) is 3.60. The van der Waals surface area contributed by atoms with Gasteiger partial charge in [-0.2, -0.15) is 0 Å². The van der Waals surface area contributed by atoms with E-state index < -0.39 is 0 Å². The average Bonchev–Trinajstić information content (AvgIpc) is 2.54. The van der Waals surface area contributed by atoms with E-state index in [0.29, 0.717) is 18.2 Å². The average molecular weight is 365 g/mol. The maximum Gasteiger partial charge on any atom is 0.257 e. The molecule has 1 heterocycles. The van der Waals surface area contributed by atoms with Crippen molar-refractivity contribution in [3.63, 3.8) is 0 Å². The van der Waals surface area contributed by atoms with Crippen LogP contribution in [0.2, 0.25) is 0 Å². The molecular weight excluding hydrogens is 344 g/mol. The quantitative estimate of drug-likeness (QED) is 0.719. The molecule has 1 unspecified atom stereocenters. The predicted molar refractivity (Wildman–Crippen MR) is 91.5 cm³/mol. The van der Waals surface area contributed by atoms with Crippen molar-refractivity contribution in [2.24, 2.45) is 0 Å². The molecule has 0 amide bonds. The Morgan fingerprint density at radius 3 is 2.77 bits per heavy atom. The van der Waals surface area contributed by atoms with Crippen LogP contribution in [0.5, 0.6) is 11.6 Å². The highest BCUT2D eigenvalue weighted by Crippen LogP contribution is 2.31. The summed E-state index contributed by atoms with van der Waals surface area (Å²) in [7, 11) is 1.92. The Morgan fingerprint density at radius 2 is 2.05 bits per heavy atom. The van der Waals surface area contributed by atoms with Crippen LogP contribution in [-0.2, 0) is 0 Å². The van der Waals surface area contributed by atoms with Gasteiger partial charge in [0.1, 0.15) is 6.10 Å². The largest absolute Gasteiger partial charge is 0.480 e. The summed E-state index contributed by atoms with van der Waals surface area (Å²) >= 11 is 3.43. The smallest absolute Gasteiger partial charge is 0.257 e. The molecule has 1 aromatic carbocycles. The molecule has 0 bridgehead atoms. The van der Waals surface area contributed by atoms with Crippen LogP contribution in [0.3, 0.4) is 0 Å². The van der Waals surface area contributed by atoms with Crippen molar-refractivity contribution in [2.45, 2.75) is 19.4 Å². The van der Waals surface area contributed by atoms with Crippen molar-refractivity contribution in [1.29, 1.82) is 0 Å². The van der Waals surface area contributed by atoms with Crippen LogP contribution in [-0.4, -0.2) is 25.2 Å². The highest BCUT2D eigenvalue weighted by atomic mass is 79.9. The van der Waals surface area contributed by atoms with Gasteiger partial charge in [-0.25, -0.2) is 4.98 Å². The summed E-state index contributed by atoms with van der Waals surface area (Å²) in [5.41, 5.74) is 1.11. The van der Waals surface area contributed by atoms with Crippen LogP contribution in [0.15, 0.2) is 47.1 Å². The number of nitrogens with one attached hydrogen (secondary N) is 1. The Kier molecular flexibility index (Phi) is 6.68. The van der Waals surface area contributed by atoms with Crippen molar-refractivity contribution in [3.05, 3.63) is 52.6 Å².